The standard InChI is InChI=1S/C14H19N3.C13H14N2OS.2C2H2O4/c1-2-12-5-3-6-13(9-12)16-8-4-7-14-10-15-11-17-14;1-10(16)11-3-2-4-13(7-11)17-6-5-12-8-14-9-15-12;2*3-1(4)2(5)6/h3,5-6,9-11,16H,2,4,7-8H2,1H3,(H,15,17);2-4,7-9H,5-6H2,1H3,(H,14,15);2*(H,3,4)(H,5,6). The lowest BCUT2D eigenvalue weighted by molar-refractivity contribution is -0.159. The van der Waals surface area contributed by atoms with E-state index < -0.39 is 23.9 Å². The third-order valence-electron chi connectivity index (χ3n) is 5.64. The maximum Gasteiger partial charge on any atom is 0.414 e. The summed E-state index contributed by atoms with van der Waals surface area (Å²) < 4.78 is 0. The number of aryl methyl sites for hydroxylation is 3. The molecule has 0 aliphatic carbocycles. The number of imidazole rings is 2. The Morgan fingerprint density at radius 3 is 1.85 bits per heavy atom. The van der Waals surface area contributed by atoms with Crippen LogP contribution in [0.2, 0.25) is 0 Å². The normalized spacial score (nSPS) is 9.61. The van der Waals surface area contributed by atoms with Crippen molar-refractivity contribution < 1.29 is 44.4 Å². The first-order chi connectivity index (χ1) is 21.9. The number of thioether (sulfide) groups is 1. The van der Waals surface area contributed by atoms with Crippen LogP contribution in [0.4, 0.5) is 5.69 Å². The number of carbonyl (C=O) groups is 5. The van der Waals surface area contributed by atoms with Crippen LogP contribution < -0.4 is 5.32 Å². The van der Waals surface area contributed by atoms with Gasteiger partial charge in [-0.15, -0.1) is 11.8 Å². The summed E-state index contributed by atoms with van der Waals surface area (Å²) in [6.45, 7) is 4.76. The number of H-pyrrole nitrogens is 2. The number of nitrogens with zero attached hydrogens (tertiary/aromatic N) is 2. The van der Waals surface area contributed by atoms with E-state index >= 15 is 0 Å². The number of Topliss-reactive ketones (excluding diaryl/α,β-unsaturated/α-hetero) is 1. The SMILES string of the molecule is CC(=O)c1cccc(SCCc2cnc[nH]2)c1.CCc1cccc(NCCCc2cnc[nH]2)c1.O=C(O)C(=O)O.O=C(O)C(=O)O. The van der Waals surface area contributed by atoms with Gasteiger partial charge in [-0.3, -0.25) is 4.79 Å². The number of aromatic amines is 2. The van der Waals surface area contributed by atoms with Crippen LogP contribution in [-0.2, 0) is 38.4 Å². The van der Waals surface area contributed by atoms with Gasteiger partial charge in [0.2, 0.25) is 0 Å². The zero-order valence-corrected chi connectivity index (χ0v) is 26.1. The summed E-state index contributed by atoms with van der Waals surface area (Å²) in [5.41, 5.74) is 5.71. The number of nitrogens with one attached hydrogen (secondary N) is 3. The molecule has 0 radical (unpaired) electrons. The first-order valence-corrected chi connectivity index (χ1v) is 14.8. The first kappa shape index (κ1) is 38.6. The van der Waals surface area contributed by atoms with Crippen molar-refractivity contribution in [3.05, 3.63) is 96.1 Å². The summed E-state index contributed by atoms with van der Waals surface area (Å²) in [4.78, 5) is 62.9. The van der Waals surface area contributed by atoms with Crippen molar-refractivity contribution in [1.82, 2.24) is 19.9 Å². The molecule has 15 heteroatoms. The van der Waals surface area contributed by atoms with Crippen molar-refractivity contribution in [2.24, 2.45) is 0 Å². The first-order valence-electron chi connectivity index (χ1n) is 13.9. The van der Waals surface area contributed by atoms with Gasteiger partial charge < -0.3 is 35.7 Å². The summed E-state index contributed by atoms with van der Waals surface area (Å²) in [6.07, 6.45) is 11.3. The lowest BCUT2D eigenvalue weighted by Gasteiger charge is -2.07. The topological polar surface area (TPSA) is 236 Å². The van der Waals surface area contributed by atoms with Crippen molar-refractivity contribution in [2.45, 2.75) is 44.4 Å². The number of aliphatic carboxylic acids is 4. The van der Waals surface area contributed by atoms with Crippen molar-refractivity contribution in [3.8, 4) is 0 Å². The second kappa shape index (κ2) is 22.1. The molecule has 0 unspecified atom stereocenters. The number of rotatable bonds is 11. The largest absolute Gasteiger partial charge is 0.473 e. The number of carboxylic acids is 4. The highest BCUT2D eigenvalue weighted by atomic mass is 32.2. The van der Waals surface area contributed by atoms with Crippen molar-refractivity contribution >= 4 is 47.1 Å². The van der Waals surface area contributed by atoms with Crippen LogP contribution in [0.5, 0.6) is 0 Å². The highest BCUT2D eigenvalue weighted by Crippen LogP contribution is 2.20. The summed E-state index contributed by atoms with van der Waals surface area (Å²) in [5, 5.41) is 33.0. The van der Waals surface area contributed by atoms with Gasteiger partial charge in [0, 0.05) is 52.2 Å². The number of hydrogen-bond donors (Lipinski definition) is 7. The fraction of sp³-hybridized carbons (Fsp3) is 0.258. The van der Waals surface area contributed by atoms with E-state index in [1.807, 2.05) is 36.7 Å². The molecule has 4 rings (SSSR count). The van der Waals surface area contributed by atoms with Gasteiger partial charge in [-0.25, -0.2) is 29.1 Å². The summed E-state index contributed by atoms with van der Waals surface area (Å²) in [7, 11) is 0. The Kier molecular flexibility index (Phi) is 18.6. The molecule has 246 valence electrons. The number of anilines is 1. The van der Waals surface area contributed by atoms with Gasteiger partial charge in [0.25, 0.3) is 0 Å². The molecule has 0 bridgehead atoms. The monoisotopic (exact) mass is 655 g/mol. The molecule has 0 saturated heterocycles. The van der Waals surface area contributed by atoms with Gasteiger partial charge in [-0.05, 0) is 62.4 Å². The molecule has 0 saturated carbocycles. The second-order valence-electron chi connectivity index (χ2n) is 9.14. The van der Waals surface area contributed by atoms with Crippen LogP contribution in [0, 0.1) is 0 Å². The summed E-state index contributed by atoms with van der Waals surface area (Å²) >= 11 is 1.75. The van der Waals surface area contributed by atoms with Crippen LogP contribution >= 0.6 is 11.8 Å². The minimum absolute atomic E-state index is 0.112. The molecule has 0 amide bonds. The molecule has 4 aromatic rings. The van der Waals surface area contributed by atoms with Crippen LogP contribution in [-0.4, -0.2) is 82.3 Å². The van der Waals surface area contributed by atoms with Gasteiger partial charge in [0.05, 0.1) is 12.7 Å². The number of hydrogen-bond acceptors (Lipinski definition) is 9. The zero-order valence-electron chi connectivity index (χ0n) is 25.3. The molecule has 0 aliphatic heterocycles. The Hall–Kier alpha value is -5.44. The molecule has 0 aliphatic rings. The Morgan fingerprint density at radius 2 is 1.35 bits per heavy atom. The van der Waals surface area contributed by atoms with Crippen LogP contribution in [0.3, 0.4) is 0 Å². The molecular formula is C31H37N5O9S. The molecule has 2 aromatic heterocycles. The smallest absolute Gasteiger partial charge is 0.414 e. The number of carbonyl (C=O) groups excluding carboxylic acids is 1. The molecule has 46 heavy (non-hydrogen) atoms. The quantitative estimate of drug-likeness (QED) is 0.0518. The average molecular weight is 656 g/mol. The van der Waals surface area contributed by atoms with E-state index in [1.165, 1.54) is 16.9 Å². The van der Waals surface area contributed by atoms with Crippen molar-refractivity contribution in [1.29, 1.82) is 0 Å². The molecule has 7 N–H and O–H groups in total. The molecular weight excluding hydrogens is 618 g/mol. The average Bonchev–Trinajstić information content (AvgIpc) is 3.75. The highest BCUT2D eigenvalue weighted by molar-refractivity contribution is 7.99. The maximum absolute atomic E-state index is 11.2. The van der Waals surface area contributed by atoms with Gasteiger partial charge in [0.1, 0.15) is 0 Å². The van der Waals surface area contributed by atoms with E-state index in [1.54, 1.807) is 31.3 Å². The third-order valence-corrected chi connectivity index (χ3v) is 6.64. The summed E-state index contributed by atoms with van der Waals surface area (Å²) in [6, 6.07) is 16.4. The highest BCUT2D eigenvalue weighted by Gasteiger charge is 2.05. The van der Waals surface area contributed by atoms with Crippen molar-refractivity contribution in [3.63, 3.8) is 0 Å². The molecule has 14 nitrogen and oxygen atoms in total. The number of aromatic nitrogens is 4. The zero-order chi connectivity index (χ0) is 34.3. The van der Waals surface area contributed by atoms with E-state index in [0.717, 1.165) is 54.1 Å². The predicted octanol–water partition coefficient (Wildman–Crippen LogP) is 4.28. The Balaban J connectivity index is 0.000000343. The molecule has 2 heterocycles. The Labute approximate surface area is 269 Å². The molecule has 2 aromatic carbocycles. The second-order valence-corrected chi connectivity index (χ2v) is 10.3. The lowest BCUT2D eigenvalue weighted by atomic mass is 10.1. The fourth-order valence-corrected chi connectivity index (χ4v) is 4.28. The number of ketones is 1. The van der Waals surface area contributed by atoms with Gasteiger partial charge in [0.15, 0.2) is 5.78 Å². The van der Waals surface area contributed by atoms with Crippen LogP contribution in [0.25, 0.3) is 0 Å². The number of carboxylic acid groups (broad SMARTS) is 4. The third kappa shape index (κ3) is 17.6. The van der Waals surface area contributed by atoms with E-state index in [2.05, 4.69) is 56.4 Å². The lowest BCUT2D eigenvalue weighted by Crippen LogP contribution is -2.09. The van der Waals surface area contributed by atoms with Crippen molar-refractivity contribution in [2.75, 3.05) is 17.6 Å². The van der Waals surface area contributed by atoms with E-state index in [9.17, 15) is 4.79 Å². The van der Waals surface area contributed by atoms with Crippen LogP contribution in [0.1, 0.15) is 47.6 Å². The number of benzene rings is 2. The molecule has 0 spiro atoms. The Bertz CT molecular complexity index is 1460. The van der Waals surface area contributed by atoms with E-state index in [-0.39, 0.29) is 5.78 Å². The minimum Gasteiger partial charge on any atom is -0.473 e. The molecule has 0 fully saturated rings. The fourth-order valence-electron chi connectivity index (χ4n) is 3.34. The van der Waals surface area contributed by atoms with E-state index in [4.69, 9.17) is 39.6 Å². The predicted molar refractivity (Wildman–Crippen MR) is 171 cm³/mol. The van der Waals surface area contributed by atoms with Crippen LogP contribution in [0.15, 0.2) is 78.5 Å². The Morgan fingerprint density at radius 1 is 0.783 bits per heavy atom. The van der Waals surface area contributed by atoms with Gasteiger partial charge in [-0.2, -0.15) is 0 Å². The molecule has 0 atom stereocenters. The minimum atomic E-state index is -1.82. The van der Waals surface area contributed by atoms with Gasteiger partial charge >= 0.3 is 23.9 Å². The summed E-state index contributed by atoms with van der Waals surface area (Å²) in [5.74, 6) is -6.21. The van der Waals surface area contributed by atoms with Gasteiger partial charge in [-0.1, -0.05) is 31.2 Å². The maximum atomic E-state index is 11.2. The van der Waals surface area contributed by atoms with E-state index in [0.29, 0.717) is 0 Å².